The average Bonchev–Trinajstić information content (AvgIpc) is 4.19. The number of rotatable bonds is 9. The van der Waals surface area contributed by atoms with Crippen LogP contribution in [0.25, 0.3) is 44.2 Å². The van der Waals surface area contributed by atoms with E-state index >= 15 is 0 Å². The lowest BCUT2D eigenvalue weighted by Crippen LogP contribution is -2.52. The number of amides is 4. The Morgan fingerprint density at radius 3 is 2.29 bits per heavy atom. The minimum absolute atomic E-state index is 0.186. The van der Waals surface area contributed by atoms with Gasteiger partial charge in [0.05, 0.1) is 62.8 Å². The molecule has 0 radical (unpaired) electrons. The lowest BCUT2D eigenvalue weighted by atomic mass is 9.89. The molecule has 16 heteroatoms. The van der Waals surface area contributed by atoms with E-state index in [9.17, 15) is 19.2 Å². The molecule has 4 amide bonds. The van der Waals surface area contributed by atoms with Crippen molar-refractivity contribution in [3.05, 3.63) is 108 Å². The van der Waals surface area contributed by atoms with Gasteiger partial charge >= 0.3 is 12.2 Å². The fraction of sp³-hybridized carbons (Fsp3) is 0.400. The van der Waals surface area contributed by atoms with Crippen LogP contribution in [-0.2, 0) is 41.4 Å². The number of imidazole rings is 2. The predicted molar refractivity (Wildman–Crippen MR) is 246 cm³/mol. The molecule has 0 bridgehead atoms. The highest BCUT2D eigenvalue weighted by molar-refractivity contribution is 6.05. The number of ether oxygens (including phenoxy) is 4. The molecule has 2 aliphatic carbocycles. The second kappa shape index (κ2) is 17.5. The van der Waals surface area contributed by atoms with Gasteiger partial charge in [-0.05, 0) is 65.8 Å². The van der Waals surface area contributed by atoms with Crippen molar-refractivity contribution in [2.24, 2.45) is 11.8 Å². The number of aromatic amines is 2. The summed E-state index contributed by atoms with van der Waals surface area (Å²) in [5, 5.41) is 7.56. The Morgan fingerprint density at radius 2 is 1.53 bits per heavy atom. The van der Waals surface area contributed by atoms with E-state index in [1.54, 1.807) is 4.90 Å². The zero-order valence-electron chi connectivity index (χ0n) is 37.5. The van der Waals surface area contributed by atoms with E-state index in [0.29, 0.717) is 32.0 Å². The van der Waals surface area contributed by atoms with Crippen LogP contribution in [0.4, 0.5) is 9.59 Å². The SMILES string of the molecule is COC(=O)NC(C(=O)N1CC2(CC1c1nc3c([nH]1)CCc1cc(-c4ccc5c(ccc6[nH]c(C7CCCN7C(=O)C(NC(=O)OC)C7C=CC=CC=C7)nc65)c4)ccc1-3)OCCO2)C(C)C. The Kier molecular flexibility index (Phi) is 11.5. The fourth-order valence-electron chi connectivity index (χ4n) is 10.3. The molecular weight excluding hydrogens is 841 g/mol. The van der Waals surface area contributed by atoms with Gasteiger partial charge in [0.2, 0.25) is 11.8 Å². The average molecular weight is 895 g/mol. The maximum absolute atomic E-state index is 14.2. The molecule has 1 spiro atoms. The molecule has 3 fully saturated rings. The third kappa shape index (κ3) is 7.91. The number of nitrogens with one attached hydrogen (secondary N) is 4. The van der Waals surface area contributed by atoms with Crippen LogP contribution >= 0.6 is 0 Å². The Bertz CT molecular complexity index is 2800. The van der Waals surface area contributed by atoms with E-state index in [4.69, 9.17) is 28.9 Å². The molecule has 0 saturated carbocycles. The van der Waals surface area contributed by atoms with Crippen LogP contribution in [0.3, 0.4) is 0 Å². The first-order valence-corrected chi connectivity index (χ1v) is 22.8. The first-order valence-electron chi connectivity index (χ1n) is 22.8. The Balaban J connectivity index is 0.900. The highest BCUT2D eigenvalue weighted by Crippen LogP contribution is 2.45. The molecule has 5 aliphatic rings. The Morgan fingerprint density at radius 1 is 0.803 bits per heavy atom. The fourth-order valence-corrected chi connectivity index (χ4v) is 10.3. The van der Waals surface area contributed by atoms with Crippen LogP contribution in [0.2, 0.25) is 0 Å². The minimum atomic E-state index is -0.937. The summed E-state index contributed by atoms with van der Waals surface area (Å²) in [5.41, 5.74) is 8.01. The van der Waals surface area contributed by atoms with Crippen LogP contribution in [0.15, 0.2) is 85.0 Å². The first kappa shape index (κ1) is 43.1. The maximum Gasteiger partial charge on any atom is 0.407 e. The van der Waals surface area contributed by atoms with Crippen molar-refractivity contribution >= 4 is 45.8 Å². The number of aryl methyl sites for hydroxylation is 2. The van der Waals surface area contributed by atoms with E-state index in [0.717, 1.165) is 81.4 Å². The molecule has 5 aromatic rings. The second-order valence-corrected chi connectivity index (χ2v) is 18.0. The van der Waals surface area contributed by atoms with Gasteiger partial charge in [0, 0.05) is 35.5 Å². The summed E-state index contributed by atoms with van der Waals surface area (Å²) in [6.45, 7) is 5.43. The number of hydrogen-bond donors (Lipinski definition) is 4. The minimum Gasteiger partial charge on any atom is -0.453 e. The molecule has 4 unspecified atom stereocenters. The summed E-state index contributed by atoms with van der Waals surface area (Å²) < 4.78 is 22.0. The van der Waals surface area contributed by atoms with Gasteiger partial charge in [0.25, 0.3) is 0 Å². The monoisotopic (exact) mass is 894 g/mol. The number of benzene rings is 3. The van der Waals surface area contributed by atoms with Gasteiger partial charge in [0.15, 0.2) is 5.79 Å². The highest BCUT2D eigenvalue weighted by Gasteiger charge is 2.53. The number of carbonyl (C=O) groups is 4. The summed E-state index contributed by atoms with van der Waals surface area (Å²) in [5.74, 6) is -0.525. The lowest BCUT2D eigenvalue weighted by Gasteiger charge is -2.30. The van der Waals surface area contributed by atoms with Crippen molar-refractivity contribution in [2.45, 2.75) is 75.9 Å². The van der Waals surface area contributed by atoms with Crippen LogP contribution in [0.1, 0.15) is 68.1 Å². The summed E-state index contributed by atoms with van der Waals surface area (Å²) in [4.78, 5) is 74.1. The summed E-state index contributed by atoms with van der Waals surface area (Å²) >= 11 is 0. The van der Waals surface area contributed by atoms with Gasteiger partial charge in [-0.1, -0.05) is 86.7 Å². The number of likely N-dealkylation sites (tertiary alicyclic amines) is 2. The number of alkyl carbamates (subject to hydrolysis) is 2. The topological polar surface area (TPSA) is 193 Å². The molecule has 10 rings (SSSR count). The third-order valence-electron chi connectivity index (χ3n) is 13.7. The van der Waals surface area contributed by atoms with E-state index < -0.39 is 36.1 Å². The predicted octanol–water partition coefficient (Wildman–Crippen LogP) is 6.96. The number of fused-ring (bicyclic) bond motifs is 6. The van der Waals surface area contributed by atoms with Crippen LogP contribution in [-0.4, -0.2) is 112 Å². The van der Waals surface area contributed by atoms with E-state index in [1.165, 1.54) is 19.8 Å². The smallest absolute Gasteiger partial charge is 0.407 e. The van der Waals surface area contributed by atoms with Gasteiger partial charge in [0.1, 0.15) is 23.7 Å². The highest BCUT2D eigenvalue weighted by atomic mass is 16.7. The van der Waals surface area contributed by atoms with Crippen LogP contribution in [0.5, 0.6) is 0 Å². The van der Waals surface area contributed by atoms with Crippen molar-refractivity contribution in [3.8, 4) is 22.4 Å². The van der Waals surface area contributed by atoms with E-state index in [2.05, 4.69) is 63.1 Å². The van der Waals surface area contributed by atoms with Gasteiger partial charge in [-0.25, -0.2) is 19.6 Å². The summed E-state index contributed by atoms with van der Waals surface area (Å²) in [7, 11) is 2.58. The molecule has 2 aromatic heterocycles. The standard InChI is InChI=1S/C50H54N8O8/c1-28(2)40(55-48(61)63-3)46(59)58-27-50(65-22-23-66-50)26-39(58)45-52-37-20-16-33-25-31(14-18-35(33)43(37)54-45)30-13-17-34-32(24-30)15-19-36-42(34)53-44(51-36)38-12-9-21-57(38)47(60)41(56-49(62)64-4)29-10-7-5-6-8-11-29/h5-8,10-11,13-15,17-19,24-25,28-29,38-41H,9,12,16,20-23,26-27H2,1-4H3,(H,51,53)(H,52,54)(H,55,61)(H,56,62). The van der Waals surface area contributed by atoms with Gasteiger partial charge in [-0.3, -0.25) is 9.59 Å². The van der Waals surface area contributed by atoms with Crippen molar-refractivity contribution in [1.29, 1.82) is 0 Å². The molecule has 4 N–H and O–H groups in total. The van der Waals surface area contributed by atoms with Crippen molar-refractivity contribution in [2.75, 3.05) is 40.5 Å². The largest absolute Gasteiger partial charge is 0.453 e. The molecule has 66 heavy (non-hydrogen) atoms. The molecule has 5 heterocycles. The van der Waals surface area contributed by atoms with Crippen molar-refractivity contribution in [3.63, 3.8) is 0 Å². The number of nitrogens with zero attached hydrogens (tertiary/aromatic N) is 4. The van der Waals surface area contributed by atoms with Crippen LogP contribution < -0.4 is 10.6 Å². The summed E-state index contributed by atoms with van der Waals surface area (Å²) in [6, 6.07) is 14.7. The Hall–Kier alpha value is -6.78. The number of H-pyrrole nitrogens is 2. The van der Waals surface area contributed by atoms with Gasteiger partial charge in [-0.2, -0.15) is 0 Å². The van der Waals surface area contributed by atoms with E-state index in [1.807, 2.05) is 61.3 Å². The number of aromatic nitrogens is 4. The summed E-state index contributed by atoms with van der Waals surface area (Å²) in [6.07, 6.45) is 13.6. The van der Waals surface area contributed by atoms with Crippen molar-refractivity contribution in [1.82, 2.24) is 40.4 Å². The number of carbonyl (C=O) groups excluding carboxylic acids is 4. The van der Waals surface area contributed by atoms with Gasteiger partial charge < -0.3 is 49.3 Å². The second-order valence-electron chi connectivity index (χ2n) is 18.0. The lowest BCUT2D eigenvalue weighted by molar-refractivity contribution is -0.153. The number of hydrogen-bond acceptors (Lipinski definition) is 10. The molecule has 342 valence electrons. The Labute approximate surface area is 381 Å². The molecule has 3 aromatic carbocycles. The maximum atomic E-state index is 14.2. The first-order chi connectivity index (χ1) is 32.0. The molecule has 4 atom stereocenters. The zero-order chi connectivity index (χ0) is 45.7. The number of allylic oxidation sites excluding steroid dienone is 4. The number of methoxy groups -OCH3 is 2. The zero-order valence-corrected chi connectivity index (χ0v) is 37.5. The van der Waals surface area contributed by atoms with Crippen LogP contribution in [0, 0.1) is 11.8 Å². The molecule has 3 saturated heterocycles. The molecule has 16 nitrogen and oxygen atoms in total. The van der Waals surface area contributed by atoms with Crippen molar-refractivity contribution < 1.29 is 38.1 Å². The molecular formula is C50H54N8O8. The third-order valence-corrected chi connectivity index (χ3v) is 13.7. The van der Waals surface area contributed by atoms with E-state index in [-0.39, 0.29) is 36.2 Å². The van der Waals surface area contributed by atoms with Gasteiger partial charge in [-0.15, -0.1) is 0 Å². The molecule has 3 aliphatic heterocycles. The normalized spacial score (nSPS) is 20.7. The quantitative estimate of drug-likeness (QED) is 0.120.